The van der Waals surface area contributed by atoms with Gasteiger partial charge in [0.2, 0.25) is 0 Å². The molecule has 0 amide bonds. The molecule has 0 saturated heterocycles. The first-order valence-corrected chi connectivity index (χ1v) is 4.84. The van der Waals surface area contributed by atoms with Gasteiger partial charge in [-0.05, 0) is 33.2 Å². The number of amidine groups is 1. The van der Waals surface area contributed by atoms with Crippen molar-refractivity contribution in [3.05, 3.63) is 0 Å². The van der Waals surface area contributed by atoms with Gasteiger partial charge in [0, 0.05) is 12.0 Å². The van der Waals surface area contributed by atoms with E-state index in [1.807, 2.05) is 13.8 Å². The summed E-state index contributed by atoms with van der Waals surface area (Å²) in [5.41, 5.74) is 5.08. The largest absolute Gasteiger partial charge is 0.409 e. The minimum atomic E-state index is -0.226. The normalized spacial score (nSPS) is 13.2. The third kappa shape index (κ3) is 6.68. The lowest BCUT2D eigenvalue weighted by Gasteiger charge is -2.23. The highest BCUT2D eigenvalue weighted by atomic mass is 16.4. The lowest BCUT2D eigenvalue weighted by molar-refractivity contribution is 0.188. The lowest BCUT2D eigenvalue weighted by Crippen LogP contribution is -2.43. The number of nitrogens with one attached hydrogen (secondary N) is 1. The molecule has 5 heteroatoms. The Kier molecular flexibility index (Phi) is 6.23. The molecular formula is C9H21N3O2. The minimum absolute atomic E-state index is 0.118. The second-order valence-electron chi connectivity index (χ2n) is 4.02. The van der Waals surface area contributed by atoms with Gasteiger partial charge in [0.1, 0.15) is 5.84 Å². The van der Waals surface area contributed by atoms with Crippen molar-refractivity contribution in [3.8, 4) is 0 Å². The van der Waals surface area contributed by atoms with Crippen LogP contribution in [0.25, 0.3) is 0 Å². The number of rotatable bonds is 7. The highest BCUT2D eigenvalue weighted by Gasteiger charge is 2.13. The van der Waals surface area contributed by atoms with Gasteiger partial charge in [0.25, 0.3) is 0 Å². The molecule has 5 nitrogen and oxygen atoms in total. The van der Waals surface area contributed by atoms with E-state index < -0.39 is 0 Å². The predicted octanol–water partition coefficient (Wildman–Crippen LogP) is 0.264. The highest BCUT2D eigenvalue weighted by molar-refractivity contribution is 5.79. The van der Waals surface area contributed by atoms with Crippen LogP contribution in [0.2, 0.25) is 0 Å². The zero-order valence-electron chi connectivity index (χ0n) is 8.95. The molecule has 84 valence electrons. The molecule has 5 N–H and O–H groups in total. The van der Waals surface area contributed by atoms with Gasteiger partial charge in [-0.3, -0.25) is 0 Å². The van der Waals surface area contributed by atoms with Crippen molar-refractivity contribution in [3.63, 3.8) is 0 Å². The average Bonchev–Trinajstić information content (AvgIpc) is 2.17. The molecule has 0 aromatic carbocycles. The van der Waals surface area contributed by atoms with Gasteiger partial charge in [0.15, 0.2) is 0 Å². The monoisotopic (exact) mass is 203 g/mol. The lowest BCUT2D eigenvalue weighted by atomic mass is 10.1. The summed E-state index contributed by atoms with van der Waals surface area (Å²) in [6.45, 7) is 4.83. The van der Waals surface area contributed by atoms with E-state index in [-0.39, 0.29) is 18.0 Å². The fourth-order valence-corrected chi connectivity index (χ4v) is 0.964. The van der Waals surface area contributed by atoms with Crippen molar-refractivity contribution < 1.29 is 10.3 Å². The minimum Gasteiger partial charge on any atom is -0.409 e. The second-order valence-corrected chi connectivity index (χ2v) is 4.02. The topological polar surface area (TPSA) is 90.9 Å². The van der Waals surface area contributed by atoms with Crippen molar-refractivity contribution in [1.29, 1.82) is 0 Å². The first-order valence-electron chi connectivity index (χ1n) is 4.84. The van der Waals surface area contributed by atoms with Crippen molar-refractivity contribution in [2.45, 2.75) is 38.6 Å². The molecule has 0 radical (unpaired) electrons. The second kappa shape index (κ2) is 6.62. The Hall–Kier alpha value is -0.810. The smallest absolute Gasteiger partial charge is 0.139 e. The molecule has 0 saturated carbocycles. The molecule has 0 unspecified atom stereocenters. The molecule has 0 heterocycles. The molecule has 0 aliphatic heterocycles. The SMILES string of the molecule is CC(C)(CO)NCCCCC(N)=NO. The number of oxime groups is 1. The maximum Gasteiger partial charge on any atom is 0.139 e. The van der Waals surface area contributed by atoms with E-state index in [1.54, 1.807) is 0 Å². The first-order chi connectivity index (χ1) is 6.52. The Labute approximate surface area is 85.0 Å². The molecule has 0 rings (SSSR count). The third-order valence-electron chi connectivity index (χ3n) is 1.99. The van der Waals surface area contributed by atoms with E-state index in [9.17, 15) is 0 Å². The Morgan fingerprint density at radius 1 is 1.43 bits per heavy atom. The van der Waals surface area contributed by atoms with E-state index >= 15 is 0 Å². The quantitative estimate of drug-likeness (QED) is 0.157. The van der Waals surface area contributed by atoms with Crippen molar-refractivity contribution in [1.82, 2.24) is 5.32 Å². The number of aliphatic hydroxyl groups excluding tert-OH is 1. The van der Waals surface area contributed by atoms with Crippen LogP contribution in [0.4, 0.5) is 0 Å². The van der Waals surface area contributed by atoms with Gasteiger partial charge in [-0.1, -0.05) is 5.16 Å². The summed E-state index contributed by atoms with van der Waals surface area (Å²) in [6, 6.07) is 0. The number of nitrogens with two attached hydrogens (primary N) is 1. The molecule has 0 aliphatic rings. The molecule has 0 fully saturated rings. The average molecular weight is 203 g/mol. The van der Waals surface area contributed by atoms with Crippen LogP contribution in [0, 0.1) is 0 Å². The molecule has 0 aromatic heterocycles. The number of nitrogens with zero attached hydrogens (tertiary/aromatic N) is 1. The van der Waals surface area contributed by atoms with Crippen molar-refractivity contribution in [2.75, 3.05) is 13.2 Å². The summed E-state index contributed by atoms with van der Waals surface area (Å²) >= 11 is 0. The molecule has 14 heavy (non-hydrogen) atoms. The van der Waals surface area contributed by atoms with Crippen LogP contribution in [0.3, 0.4) is 0 Å². The molecule has 0 bridgehead atoms. The van der Waals surface area contributed by atoms with E-state index in [1.165, 1.54) is 0 Å². The van der Waals surface area contributed by atoms with Gasteiger partial charge in [0.05, 0.1) is 6.61 Å². The van der Waals surface area contributed by atoms with Crippen LogP contribution in [0.5, 0.6) is 0 Å². The summed E-state index contributed by atoms with van der Waals surface area (Å²) in [6.07, 6.45) is 2.43. The summed E-state index contributed by atoms with van der Waals surface area (Å²) < 4.78 is 0. The van der Waals surface area contributed by atoms with Crippen molar-refractivity contribution in [2.24, 2.45) is 10.9 Å². The van der Waals surface area contributed by atoms with Gasteiger partial charge < -0.3 is 21.4 Å². The van der Waals surface area contributed by atoms with Crippen LogP contribution in [-0.2, 0) is 0 Å². The van der Waals surface area contributed by atoms with Crippen LogP contribution in [0.15, 0.2) is 5.16 Å². The molecular weight excluding hydrogens is 182 g/mol. The summed E-state index contributed by atoms with van der Waals surface area (Å²) in [5.74, 6) is 0.270. The zero-order chi connectivity index (χ0) is 11.0. The zero-order valence-corrected chi connectivity index (χ0v) is 8.95. The Bertz CT molecular complexity index is 181. The summed E-state index contributed by atoms with van der Waals surface area (Å²) in [7, 11) is 0. The Morgan fingerprint density at radius 2 is 2.07 bits per heavy atom. The molecule has 0 aliphatic carbocycles. The van der Waals surface area contributed by atoms with Gasteiger partial charge in [-0.15, -0.1) is 0 Å². The summed E-state index contributed by atoms with van der Waals surface area (Å²) in [4.78, 5) is 0. The standard InChI is InChI=1S/C9H21N3O2/c1-9(2,7-13)11-6-4-3-5-8(10)12-14/h11,13-14H,3-7H2,1-2H3,(H2,10,12). The number of hydrogen-bond acceptors (Lipinski definition) is 4. The van der Waals surface area contributed by atoms with E-state index in [2.05, 4.69) is 10.5 Å². The maximum absolute atomic E-state index is 8.94. The first kappa shape index (κ1) is 13.2. The maximum atomic E-state index is 8.94. The van der Waals surface area contributed by atoms with Crippen LogP contribution < -0.4 is 11.1 Å². The number of unbranched alkanes of at least 4 members (excludes halogenated alkanes) is 1. The van der Waals surface area contributed by atoms with Crippen LogP contribution in [-0.4, -0.2) is 34.8 Å². The number of hydrogen-bond donors (Lipinski definition) is 4. The fraction of sp³-hybridized carbons (Fsp3) is 0.889. The van der Waals surface area contributed by atoms with E-state index in [4.69, 9.17) is 16.0 Å². The third-order valence-corrected chi connectivity index (χ3v) is 1.99. The summed E-state index contributed by atoms with van der Waals surface area (Å²) in [5, 5.41) is 23.3. The van der Waals surface area contributed by atoms with Crippen molar-refractivity contribution >= 4 is 5.84 Å². The highest BCUT2D eigenvalue weighted by Crippen LogP contribution is 2.01. The van der Waals surface area contributed by atoms with Gasteiger partial charge in [-0.2, -0.15) is 0 Å². The Balaban J connectivity index is 3.39. The van der Waals surface area contributed by atoms with Crippen LogP contribution >= 0.6 is 0 Å². The van der Waals surface area contributed by atoms with E-state index in [0.29, 0.717) is 6.42 Å². The predicted molar refractivity (Wildman–Crippen MR) is 56.4 cm³/mol. The van der Waals surface area contributed by atoms with Gasteiger partial charge >= 0.3 is 0 Å². The molecule has 0 spiro atoms. The fourth-order valence-electron chi connectivity index (χ4n) is 0.964. The molecule has 0 atom stereocenters. The number of aliphatic hydroxyl groups is 1. The van der Waals surface area contributed by atoms with Crippen LogP contribution in [0.1, 0.15) is 33.1 Å². The molecule has 0 aromatic rings. The Morgan fingerprint density at radius 3 is 2.57 bits per heavy atom. The van der Waals surface area contributed by atoms with Gasteiger partial charge in [-0.25, -0.2) is 0 Å². The van der Waals surface area contributed by atoms with E-state index in [0.717, 1.165) is 19.4 Å².